The lowest BCUT2D eigenvalue weighted by Gasteiger charge is -2.32. The number of nitrogens with zero attached hydrogens (tertiary/aromatic N) is 7. The molecule has 1 aliphatic heterocycles. The van der Waals surface area contributed by atoms with Gasteiger partial charge in [-0.1, -0.05) is 83.0 Å². The van der Waals surface area contributed by atoms with Gasteiger partial charge < -0.3 is 14.6 Å². The molecule has 3 N–H and O–H groups in total. The van der Waals surface area contributed by atoms with Gasteiger partial charge >= 0.3 is 0 Å². The largest absolute Gasteiger partial charge is 0.494 e. The number of nitrogens with one attached hydrogen (secondary N) is 2. The first-order valence-corrected chi connectivity index (χ1v) is 16.0. The van der Waals surface area contributed by atoms with E-state index in [-0.39, 0.29) is 31.5 Å². The van der Waals surface area contributed by atoms with Crippen molar-refractivity contribution in [2.45, 2.75) is 49.9 Å². The summed E-state index contributed by atoms with van der Waals surface area (Å²) in [7, 11) is 0. The normalized spacial score (nSPS) is 18.0. The van der Waals surface area contributed by atoms with Crippen LogP contribution >= 0.6 is 0 Å². The van der Waals surface area contributed by atoms with E-state index >= 15 is 0 Å². The van der Waals surface area contributed by atoms with Crippen LogP contribution in [-0.4, -0.2) is 41.7 Å². The van der Waals surface area contributed by atoms with Crippen molar-refractivity contribution in [3.63, 3.8) is 0 Å². The number of aliphatic hydroxyl groups is 1. The van der Waals surface area contributed by atoms with Crippen LogP contribution in [0.25, 0.3) is 20.9 Å². The Bertz CT molecular complexity index is 1910. The highest BCUT2D eigenvalue weighted by Crippen LogP contribution is 2.45. The quantitative estimate of drug-likeness (QED) is 0.0458. The van der Waals surface area contributed by atoms with Gasteiger partial charge in [0.1, 0.15) is 5.75 Å². The van der Waals surface area contributed by atoms with Gasteiger partial charge in [-0.2, -0.15) is 0 Å². The highest BCUT2D eigenvalue weighted by Gasteiger charge is 2.54. The zero-order valence-corrected chi connectivity index (χ0v) is 26.6. The first kappa shape index (κ1) is 33.1. The summed E-state index contributed by atoms with van der Waals surface area (Å²) in [6, 6.07) is 29.7. The Morgan fingerprint density at radius 1 is 0.939 bits per heavy atom. The van der Waals surface area contributed by atoms with E-state index in [0.29, 0.717) is 46.7 Å². The van der Waals surface area contributed by atoms with Crippen molar-refractivity contribution >= 4 is 17.5 Å². The number of hydrogen-bond acceptors (Lipinski definition) is 8. The summed E-state index contributed by atoms with van der Waals surface area (Å²) in [5, 5.41) is 16.8. The summed E-state index contributed by atoms with van der Waals surface area (Å²) >= 11 is 0. The van der Waals surface area contributed by atoms with Gasteiger partial charge in [0, 0.05) is 46.6 Å². The van der Waals surface area contributed by atoms with Crippen molar-refractivity contribution in [3.8, 4) is 5.75 Å². The number of carbonyl (C=O) groups is 1. The molecular formula is C36H35N9O4. The standard InChI is InChI=1S/C36H35N9O4/c37-44-39-23-28-11-3-5-12-31(28)33-36(22-27-10-4-6-13-32(27)42-45-38,35(47)43-41-29-20-25-8-1-2-9-26(25)21-29)40-34(49-33)24-14-16-30(17-15-24)48-19-7-18-46/h1-6,8-17,29,33,41,46H,7,18-23H2,(H,43,47)/t33-,36-/m0/s1. The van der Waals surface area contributed by atoms with E-state index in [1.54, 1.807) is 42.5 Å². The third-order valence-corrected chi connectivity index (χ3v) is 8.72. The van der Waals surface area contributed by atoms with Crippen LogP contribution < -0.4 is 15.6 Å². The lowest BCUT2D eigenvalue weighted by atomic mass is 9.80. The van der Waals surface area contributed by atoms with Gasteiger partial charge in [0.25, 0.3) is 5.91 Å². The molecule has 4 aromatic carbocycles. The predicted molar refractivity (Wildman–Crippen MR) is 184 cm³/mol. The fraction of sp³-hybridized carbons (Fsp3) is 0.278. The second kappa shape index (κ2) is 15.4. The number of ether oxygens (including phenoxy) is 2. The Morgan fingerprint density at radius 3 is 2.35 bits per heavy atom. The molecule has 0 radical (unpaired) electrons. The third kappa shape index (κ3) is 7.35. The molecule has 13 heteroatoms. The second-order valence-corrected chi connectivity index (χ2v) is 11.8. The number of aliphatic imine (C=N–C) groups is 1. The highest BCUT2D eigenvalue weighted by atomic mass is 16.5. The number of fused-ring (bicyclic) bond motifs is 1. The Balaban J connectivity index is 1.43. The van der Waals surface area contributed by atoms with Crippen molar-refractivity contribution in [1.82, 2.24) is 10.9 Å². The zero-order valence-electron chi connectivity index (χ0n) is 26.6. The number of aliphatic hydroxyl groups excluding tert-OH is 1. The van der Waals surface area contributed by atoms with E-state index in [1.807, 2.05) is 42.5 Å². The zero-order chi connectivity index (χ0) is 34.1. The van der Waals surface area contributed by atoms with Crippen molar-refractivity contribution in [1.29, 1.82) is 0 Å². The molecule has 0 bridgehead atoms. The van der Waals surface area contributed by atoms with Crippen molar-refractivity contribution in [3.05, 3.63) is 151 Å². The number of carbonyl (C=O) groups excluding carboxylic acids is 1. The molecule has 0 spiro atoms. The molecule has 248 valence electrons. The number of hydrogen-bond donors (Lipinski definition) is 3. The van der Waals surface area contributed by atoms with Crippen LogP contribution in [0.2, 0.25) is 0 Å². The molecule has 0 fully saturated rings. The van der Waals surface area contributed by atoms with E-state index in [1.165, 1.54) is 11.1 Å². The predicted octanol–water partition coefficient (Wildman–Crippen LogP) is 6.49. The average Bonchev–Trinajstić information content (AvgIpc) is 3.73. The maximum absolute atomic E-state index is 14.8. The maximum Gasteiger partial charge on any atom is 0.266 e. The molecule has 2 aliphatic rings. The lowest BCUT2D eigenvalue weighted by molar-refractivity contribution is -0.130. The van der Waals surface area contributed by atoms with E-state index < -0.39 is 17.6 Å². The topological polar surface area (TPSA) is 190 Å². The third-order valence-electron chi connectivity index (χ3n) is 8.72. The van der Waals surface area contributed by atoms with Crippen LogP contribution in [0.4, 0.5) is 5.69 Å². The van der Waals surface area contributed by atoms with E-state index in [4.69, 9.17) is 25.1 Å². The molecule has 0 aromatic heterocycles. The minimum atomic E-state index is -1.60. The number of benzene rings is 4. The van der Waals surface area contributed by atoms with Gasteiger partial charge in [-0.05, 0) is 76.0 Å². The monoisotopic (exact) mass is 657 g/mol. The molecule has 2 atom stereocenters. The average molecular weight is 658 g/mol. The molecule has 49 heavy (non-hydrogen) atoms. The van der Waals surface area contributed by atoms with Gasteiger partial charge in [0.2, 0.25) is 5.90 Å². The van der Waals surface area contributed by atoms with E-state index in [2.05, 4.69) is 43.0 Å². The summed E-state index contributed by atoms with van der Waals surface area (Å²) in [4.78, 5) is 25.8. The second-order valence-electron chi connectivity index (χ2n) is 11.8. The van der Waals surface area contributed by atoms with Gasteiger partial charge in [-0.25, -0.2) is 10.4 Å². The lowest BCUT2D eigenvalue weighted by Crippen LogP contribution is -2.56. The molecule has 6 rings (SSSR count). The summed E-state index contributed by atoms with van der Waals surface area (Å²) in [6.45, 7) is 0.429. The summed E-state index contributed by atoms with van der Waals surface area (Å²) < 4.78 is 12.4. The molecule has 0 unspecified atom stereocenters. The minimum Gasteiger partial charge on any atom is -0.494 e. The van der Waals surface area contributed by atoms with Crippen LogP contribution in [-0.2, 0) is 35.3 Å². The maximum atomic E-state index is 14.8. The number of hydrazine groups is 1. The van der Waals surface area contributed by atoms with Gasteiger partial charge in [0.15, 0.2) is 11.6 Å². The van der Waals surface area contributed by atoms with Gasteiger partial charge in [-0.15, -0.1) is 0 Å². The Morgan fingerprint density at radius 2 is 1.63 bits per heavy atom. The van der Waals surface area contributed by atoms with E-state index in [0.717, 1.165) is 12.8 Å². The SMILES string of the molecule is [N-]=[N+]=NCc1ccccc1[C@@H]1OC(c2ccc(OCCCO)cc2)=N[C@]1(Cc1ccccc1N=[N+]=[N-])C(=O)NNC1Cc2ccccc2C1. The minimum absolute atomic E-state index is 0.0208. The van der Waals surface area contributed by atoms with Crippen LogP contribution in [0, 0.1) is 0 Å². The first-order chi connectivity index (χ1) is 24.0. The molecular weight excluding hydrogens is 622 g/mol. The smallest absolute Gasteiger partial charge is 0.266 e. The Labute approximate surface area is 282 Å². The summed E-state index contributed by atoms with van der Waals surface area (Å²) in [5.41, 5.74) is 28.5. The summed E-state index contributed by atoms with van der Waals surface area (Å²) in [5.74, 6) is 0.401. The summed E-state index contributed by atoms with van der Waals surface area (Å²) in [6.07, 6.45) is 1.06. The highest BCUT2D eigenvalue weighted by molar-refractivity contribution is 6.01. The fourth-order valence-electron chi connectivity index (χ4n) is 6.33. The molecule has 1 heterocycles. The Kier molecular flexibility index (Phi) is 10.4. The number of amides is 1. The molecule has 1 aliphatic carbocycles. The molecule has 13 nitrogen and oxygen atoms in total. The van der Waals surface area contributed by atoms with Crippen molar-refractivity contribution in [2.75, 3.05) is 13.2 Å². The van der Waals surface area contributed by atoms with Crippen molar-refractivity contribution in [2.24, 2.45) is 15.2 Å². The van der Waals surface area contributed by atoms with Crippen LogP contribution in [0.3, 0.4) is 0 Å². The van der Waals surface area contributed by atoms with Gasteiger partial charge in [0.05, 0.1) is 13.2 Å². The molecule has 1 amide bonds. The molecule has 0 saturated heterocycles. The van der Waals surface area contributed by atoms with E-state index in [9.17, 15) is 10.3 Å². The first-order valence-electron chi connectivity index (χ1n) is 16.0. The van der Waals surface area contributed by atoms with Crippen LogP contribution in [0.15, 0.2) is 112 Å². The van der Waals surface area contributed by atoms with Crippen molar-refractivity contribution < 1.29 is 19.4 Å². The molecule has 4 aromatic rings. The van der Waals surface area contributed by atoms with Crippen LogP contribution in [0.1, 0.15) is 45.9 Å². The molecule has 0 saturated carbocycles. The fourth-order valence-corrected chi connectivity index (χ4v) is 6.33. The number of rotatable bonds is 14. The number of azide groups is 2. The Hall–Kier alpha value is -5.84. The van der Waals surface area contributed by atoms with Crippen LogP contribution in [0.5, 0.6) is 5.75 Å². The van der Waals surface area contributed by atoms with Gasteiger partial charge in [-0.3, -0.25) is 10.2 Å².